The third-order valence-electron chi connectivity index (χ3n) is 9.99. The van der Waals surface area contributed by atoms with Crippen LogP contribution in [-0.2, 0) is 28.6 Å². The van der Waals surface area contributed by atoms with E-state index in [1.165, 1.54) is 103 Å². The summed E-state index contributed by atoms with van der Waals surface area (Å²) in [6, 6.07) is 0. The minimum Gasteiger partial charge on any atom is -0.462 e. The summed E-state index contributed by atoms with van der Waals surface area (Å²) in [6.45, 7) is 6.50. The standard InChI is InChI=1S/C51H88O6/c1-4-7-10-13-16-19-22-23-24-25-26-27-30-33-36-39-42-45-51(54)57-48(46-55-49(52)43-40-37-34-31-28-20-17-14-11-8-5-2)47-56-50(53)44-41-38-35-32-29-21-18-15-12-9-6-3/h14,16-17,19,23-24,26-27,33,36,48H,4-13,15,18,20-22,25,28-32,34-35,37-47H2,1-3H3/b17-14-,19-16-,24-23-,27-26-,36-33-/t48-/m1/s1. The van der Waals surface area contributed by atoms with E-state index in [0.717, 1.165) is 77.0 Å². The molecule has 0 rings (SSSR count). The zero-order valence-electron chi connectivity index (χ0n) is 37.3. The highest BCUT2D eigenvalue weighted by molar-refractivity contribution is 5.71. The second-order valence-electron chi connectivity index (χ2n) is 15.7. The first kappa shape index (κ1) is 54.1. The summed E-state index contributed by atoms with van der Waals surface area (Å²) in [6.07, 6.45) is 54.9. The lowest BCUT2D eigenvalue weighted by Crippen LogP contribution is -2.30. The summed E-state index contributed by atoms with van der Waals surface area (Å²) >= 11 is 0. The average Bonchev–Trinajstić information content (AvgIpc) is 3.21. The van der Waals surface area contributed by atoms with Gasteiger partial charge >= 0.3 is 17.9 Å². The zero-order valence-corrected chi connectivity index (χ0v) is 37.3. The predicted octanol–water partition coefficient (Wildman–Crippen LogP) is 15.3. The third kappa shape index (κ3) is 44.1. The fourth-order valence-corrected chi connectivity index (χ4v) is 6.36. The van der Waals surface area contributed by atoms with Gasteiger partial charge in [0.05, 0.1) is 0 Å². The van der Waals surface area contributed by atoms with E-state index in [2.05, 4.69) is 81.5 Å². The maximum absolute atomic E-state index is 12.7. The first-order valence-corrected chi connectivity index (χ1v) is 23.8. The van der Waals surface area contributed by atoms with E-state index in [0.29, 0.717) is 19.3 Å². The molecule has 0 aromatic heterocycles. The summed E-state index contributed by atoms with van der Waals surface area (Å²) < 4.78 is 16.7. The van der Waals surface area contributed by atoms with E-state index in [4.69, 9.17) is 14.2 Å². The number of hydrogen-bond donors (Lipinski definition) is 0. The van der Waals surface area contributed by atoms with Crippen molar-refractivity contribution < 1.29 is 28.6 Å². The van der Waals surface area contributed by atoms with Gasteiger partial charge in [-0.1, -0.05) is 191 Å². The van der Waals surface area contributed by atoms with Crippen LogP contribution in [0.15, 0.2) is 60.8 Å². The zero-order chi connectivity index (χ0) is 41.5. The molecule has 0 unspecified atom stereocenters. The van der Waals surface area contributed by atoms with Gasteiger partial charge in [-0.3, -0.25) is 14.4 Å². The second kappa shape index (κ2) is 45.8. The average molecular weight is 797 g/mol. The molecule has 0 aliphatic carbocycles. The monoisotopic (exact) mass is 797 g/mol. The first-order chi connectivity index (χ1) is 28.0. The molecule has 0 heterocycles. The number of hydrogen-bond acceptors (Lipinski definition) is 6. The van der Waals surface area contributed by atoms with Crippen molar-refractivity contribution in [2.75, 3.05) is 13.2 Å². The number of esters is 3. The molecule has 0 aliphatic heterocycles. The van der Waals surface area contributed by atoms with Gasteiger partial charge in [0.25, 0.3) is 0 Å². The van der Waals surface area contributed by atoms with Crippen molar-refractivity contribution in [3.05, 3.63) is 60.8 Å². The van der Waals surface area contributed by atoms with E-state index in [9.17, 15) is 14.4 Å². The van der Waals surface area contributed by atoms with Gasteiger partial charge in [-0.05, 0) is 77.0 Å². The normalized spacial score (nSPS) is 12.5. The van der Waals surface area contributed by atoms with Crippen LogP contribution < -0.4 is 0 Å². The molecule has 0 N–H and O–H groups in total. The van der Waals surface area contributed by atoms with Crippen LogP contribution in [0, 0.1) is 0 Å². The van der Waals surface area contributed by atoms with Gasteiger partial charge in [-0.15, -0.1) is 0 Å². The lowest BCUT2D eigenvalue weighted by atomic mass is 10.1. The van der Waals surface area contributed by atoms with E-state index in [1.807, 2.05) is 0 Å². The van der Waals surface area contributed by atoms with Crippen LogP contribution in [0.3, 0.4) is 0 Å². The van der Waals surface area contributed by atoms with Crippen molar-refractivity contribution in [2.45, 2.75) is 232 Å². The maximum Gasteiger partial charge on any atom is 0.306 e. The molecule has 6 heteroatoms. The maximum atomic E-state index is 12.7. The topological polar surface area (TPSA) is 78.9 Å². The van der Waals surface area contributed by atoms with Gasteiger partial charge in [0, 0.05) is 19.3 Å². The van der Waals surface area contributed by atoms with Crippen molar-refractivity contribution >= 4 is 17.9 Å². The smallest absolute Gasteiger partial charge is 0.306 e. The second-order valence-corrected chi connectivity index (χ2v) is 15.7. The van der Waals surface area contributed by atoms with E-state index >= 15 is 0 Å². The van der Waals surface area contributed by atoms with Gasteiger partial charge in [0.1, 0.15) is 13.2 Å². The van der Waals surface area contributed by atoms with Crippen molar-refractivity contribution in [1.29, 1.82) is 0 Å². The number of carbonyl (C=O) groups excluding carboxylic acids is 3. The molecule has 0 bridgehead atoms. The minimum atomic E-state index is -0.801. The van der Waals surface area contributed by atoms with Crippen LogP contribution in [-0.4, -0.2) is 37.2 Å². The summed E-state index contributed by atoms with van der Waals surface area (Å²) in [7, 11) is 0. The lowest BCUT2D eigenvalue weighted by molar-refractivity contribution is -0.167. The predicted molar refractivity (Wildman–Crippen MR) is 242 cm³/mol. The molecule has 0 saturated carbocycles. The number of ether oxygens (including phenoxy) is 3. The van der Waals surface area contributed by atoms with E-state index < -0.39 is 6.10 Å². The molecular weight excluding hydrogens is 709 g/mol. The van der Waals surface area contributed by atoms with Gasteiger partial charge in [-0.2, -0.15) is 0 Å². The van der Waals surface area contributed by atoms with Gasteiger partial charge in [0.15, 0.2) is 6.10 Å². The number of carbonyl (C=O) groups is 3. The van der Waals surface area contributed by atoms with E-state index in [-0.39, 0.29) is 37.5 Å². The Kier molecular flexibility index (Phi) is 43.5. The molecule has 328 valence electrons. The fourth-order valence-electron chi connectivity index (χ4n) is 6.36. The van der Waals surface area contributed by atoms with Crippen molar-refractivity contribution in [3.63, 3.8) is 0 Å². The quantitative estimate of drug-likeness (QED) is 0.0265. The Labute approximate surface area is 351 Å². The highest BCUT2D eigenvalue weighted by Crippen LogP contribution is 2.13. The molecule has 6 nitrogen and oxygen atoms in total. The molecule has 0 aromatic rings. The van der Waals surface area contributed by atoms with Crippen molar-refractivity contribution in [1.82, 2.24) is 0 Å². The molecule has 0 amide bonds. The van der Waals surface area contributed by atoms with Crippen LogP contribution in [0.5, 0.6) is 0 Å². The van der Waals surface area contributed by atoms with Crippen LogP contribution >= 0.6 is 0 Å². The summed E-state index contributed by atoms with van der Waals surface area (Å²) in [5, 5.41) is 0. The Hall–Kier alpha value is -2.89. The van der Waals surface area contributed by atoms with Gasteiger partial charge in [-0.25, -0.2) is 0 Å². The molecule has 0 fully saturated rings. The molecule has 0 aliphatic rings. The van der Waals surface area contributed by atoms with Crippen molar-refractivity contribution in [3.8, 4) is 0 Å². The Morgan fingerprint density at radius 1 is 0.351 bits per heavy atom. The van der Waals surface area contributed by atoms with Crippen molar-refractivity contribution in [2.24, 2.45) is 0 Å². The molecule has 1 atom stereocenters. The molecule has 0 spiro atoms. The molecule has 57 heavy (non-hydrogen) atoms. The largest absolute Gasteiger partial charge is 0.462 e. The van der Waals surface area contributed by atoms with Crippen LogP contribution in [0.25, 0.3) is 0 Å². The number of unbranched alkanes of at least 4 members (excludes halogenated alkanes) is 21. The summed E-state index contributed by atoms with van der Waals surface area (Å²) in [4.78, 5) is 37.7. The molecule has 0 aromatic carbocycles. The highest BCUT2D eigenvalue weighted by Gasteiger charge is 2.19. The van der Waals surface area contributed by atoms with Crippen LogP contribution in [0.4, 0.5) is 0 Å². The fraction of sp³-hybridized carbons (Fsp3) is 0.745. The van der Waals surface area contributed by atoms with Crippen LogP contribution in [0.2, 0.25) is 0 Å². The number of rotatable bonds is 42. The SMILES string of the molecule is CCCC/C=C\CCCCCCCC(=O)OC[C@H](COC(=O)CCCCCCCCCCCCC)OC(=O)CCC/C=C\C/C=C\C/C=C\C/C=C\CCCCC. The first-order valence-electron chi connectivity index (χ1n) is 23.8. The van der Waals surface area contributed by atoms with Gasteiger partial charge in [0.2, 0.25) is 0 Å². The third-order valence-corrected chi connectivity index (χ3v) is 9.99. The summed E-state index contributed by atoms with van der Waals surface area (Å²) in [5.74, 6) is -0.966. The highest BCUT2D eigenvalue weighted by atomic mass is 16.6. The lowest BCUT2D eigenvalue weighted by Gasteiger charge is -2.18. The van der Waals surface area contributed by atoms with Gasteiger partial charge < -0.3 is 14.2 Å². The Bertz CT molecular complexity index is 1050. The minimum absolute atomic E-state index is 0.0973. The van der Waals surface area contributed by atoms with Crippen LogP contribution in [0.1, 0.15) is 226 Å². The Morgan fingerprint density at radius 2 is 0.667 bits per heavy atom. The summed E-state index contributed by atoms with van der Waals surface area (Å²) in [5.41, 5.74) is 0. The molecule has 0 radical (unpaired) electrons. The Morgan fingerprint density at radius 3 is 1.14 bits per heavy atom. The number of allylic oxidation sites excluding steroid dienone is 10. The van der Waals surface area contributed by atoms with E-state index in [1.54, 1.807) is 0 Å². The Balaban J connectivity index is 4.48. The molecular formula is C51H88O6. The molecule has 0 saturated heterocycles.